The zero-order valence-corrected chi connectivity index (χ0v) is 13.2. The summed E-state index contributed by atoms with van der Waals surface area (Å²) in [6.45, 7) is 1.67. The summed E-state index contributed by atoms with van der Waals surface area (Å²) in [4.78, 5) is 23.6. The van der Waals surface area contributed by atoms with Crippen LogP contribution in [0.4, 0.5) is 5.69 Å². The number of anilines is 1. The monoisotopic (exact) mass is 327 g/mol. The fraction of sp³-hybridized carbons (Fsp3) is 0.118. The molecule has 0 aliphatic rings. The normalized spacial score (nSPS) is 10.8. The number of carbonyl (C=O) groups is 2. The Hall–Kier alpha value is -3.35. The molecule has 0 aromatic heterocycles. The van der Waals surface area contributed by atoms with Crippen molar-refractivity contribution in [3.63, 3.8) is 0 Å². The summed E-state index contributed by atoms with van der Waals surface area (Å²) >= 11 is 0. The van der Waals surface area contributed by atoms with E-state index in [0.717, 1.165) is 0 Å². The highest BCUT2D eigenvalue weighted by Gasteiger charge is 2.13. The fourth-order valence-electron chi connectivity index (χ4n) is 1.81. The molecule has 0 spiro atoms. The standard InChI is InChI=1S/C17H17N3O4/c1-11(12-3-7-14(21)8-4-12)19-20-17(23)16(22)18-13-5-9-15(24-2)10-6-13/h3-10,21H,1-2H3,(H,18,22)(H,20,23)/b19-11+. The zero-order chi connectivity index (χ0) is 17.5. The molecule has 0 heterocycles. The van der Waals surface area contributed by atoms with E-state index in [1.54, 1.807) is 43.3 Å². The average Bonchev–Trinajstić information content (AvgIpc) is 2.60. The predicted molar refractivity (Wildman–Crippen MR) is 90.1 cm³/mol. The topological polar surface area (TPSA) is 100 Å². The Balaban J connectivity index is 1.94. The first kappa shape index (κ1) is 17.0. The lowest BCUT2D eigenvalue weighted by atomic mass is 10.1. The molecule has 0 radical (unpaired) electrons. The van der Waals surface area contributed by atoms with Crippen molar-refractivity contribution in [1.29, 1.82) is 0 Å². The van der Waals surface area contributed by atoms with E-state index in [-0.39, 0.29) is 5.75 Å². The number of nitrogens with zero attached hydrogens (tertiary/aromatic N) is 1. The number of ether oxygens (including phenoxy) is 1. The summed E-state index contributed by atoms with van der Waals surface area (Å²) in [7, 11) is 1.54. The van der Waals surface area contributed by atoms with Crippen LogP contribution in [0.5, 0.6) is 11.5 Å². The minimum atomic E-state index is -0.885. The van der Waals surface area contributed by atoms with Crippen molar-refractivity contribution >= 4 is 23.2 Å². The number of hydrazone groups is 1. The highest BCUT2D eigenvalue weighted by Crippen LogP contribution is 2.14. The molecule has 2 amide bonds. The molecular formula is C17H17N3O4. The number of nitrogens with one attached hydrogen (secondary N) is 2. The highest BCUT2D eigenvalue weighted by atomic mass is 16.5. The third kappa shape index (κ3) is 4.57. The van der Waals surface area contributed by atoms with Crippen molar-refractivity contribution in [2.45, 2.75) is 6.92 Å². The van der Waals surface area contributed by atoms with E-state index in [0.29, 0.717) is 22.7 Å². The molecule has 124 valence electrons. The van der Waals surface area contributed by atoms with Crippen LogP contribution < -0.4 is 15.5 Å². The molecular weight excluding hydrogens is 310 g/mol. The molecule has 0 saturated carbocycles. The first-order valence-electron chi connectivity index (χ1n) is 7.08. The van der Waals surface area contributed by atoms with Crippen LogP contribution in [0, 0.1) is 0 Å². The number of phenols is 1. The number of aromatic hydroxyl groups is 1. The molecule has 0 bridgehead atoms. The number of hydrogen-bond donors (Lipinski definition) is 3. The van der Waals surface area contributed by atoms with E-state index in [2.05, 4.69) is 15.8 Å². The first-order chi connectivity index (χ1) is 11.5. The summed E-state index contributed by atoms with van der Waals surface area (Å²) in [5.74, 6) is -0.938. The lowest BCUT2D eigenvalue weighted by molar-refractivity contribution is -0.136. The summed E-state index contributed by atoms with van der Waals surface area (Å²) in [5, 5.41) is 15.6. The molecule has 0 fully saturated rings. The maximum atomic E-state index is 11.8. The van der Waals surface area contributed by atoms with Crippen LogP contribution in [0.25, 0.3) is 0 Å². The lowest BCUT2D eigenvalue weighted by Gasteiger charge is -2.06. The van der Waals surface area contributed by atoms with Crippen LogP contribution >= 0.6 is 0 Å². The summed E-state index contributed by atoms with van der Waals surface area (Å²) in [6.07, 6.45) is 0. The van der Waals surface area contributed by atoms with Gasteiger partial charge >= 0.3 is 11.8 Å². The number of benzene rings is 2. The third-order valence-electron chi connectivity index (χ3n) is 3.16. The molecule has 7 nitrogen and oxygen atoms in total. The molecule has 0 aliphatic heterocycles. The zero-order valence-electron chi connectivity index (χ0n) is 13.2. The number of hydrogen-bond acceptors (Lipinski definition) is 5. The number of carbonyl (C=O) groups excluding carboxylic acids is 2. The minimum Gasteiger partial charge on any atom is -0.508 e. The van der Waals surface area contributed by atoms with Gasteiger partial charge in [-0.1, -0.05) is 0 Å². The number of methoxy groups -OCH3 is 1. The SMILES string of the molecule is COc1ccc(NC(=O)C(=O)N/N=C(\C)c2ccc(O)cc2)cc1. The van der Waals surface area contributed by atoms with Crippen molar-refractivity contribution in [2.24, 2.45) is 5.10 Å². The Kier molecular flexibility index (Phi) is 5.51. The van der Waals surface area contributed by atoms with Crippen LogP contribution in [0.2, 0.25) is 0 Å². The van der Waals surface area contributed by atoms with E-state index < -0.39 is 11.8 Å². The van der Waals surface area contributed by atoms with Gasteiger partial charge in [-0.3, -0.25) is 9.59 Å². The van der Waals surface area contributed by atoms with E-state index >= 15 is 0 Å². The van der Waals surface area contributed by atoms with E-state index in [4.69, 9.17) is 4.74 Å². The first-order valence-corrected chi connectivity index (χ1v) is 7.08. The highest BCUT2D eigenvalue weighted by molar-refractivity contribution is 6.39. The van der Waals surface area contributed by atoms with Gasteiger partial charge in [0.25, 0.3) is 0 Å². The summed E-state index contributed by atoms with van der Waals surface area (Å²) in [6, 6.07) is 12.9. The van der Waals surface area contributed by atoms with Crippen molar-refractivity contribution in [3.8, 4) is 11.5 Å². The number of rotatable bonds is 4. The molecule has 0 saturated heterocycles. The maximum absolute atomic E-state index is 11.8. The van der Waals surface area contributed by atoms with Gasteiger partial charge in [0.15, 0.2) is 0 Å². The van der Waals surface area contributed by atoms with Crippen LogP contribution in [0.1, 0.15) is 12.5 Å². The molecule has 0 unspecified atom stereocenters. The van der Waals surface area contributed by atoms with Gasteiger partial charge < -0.3 is 15.2 Å². The Bertz CT molecular complexity index is 752. The van der Waals surface area contributed by atoms with Crippen molar-refractivity contribution in [2.75, 3.05) is 12.4 Å². The lowest BCUT2D eigenvalue weighted by Crippen LogP contribution is -2.32. The minimum absolute atomic E-state index is 0.134. The Labute approximate surface area is 139 Å². The van der Waals surface area contributed by atoms with Gasteiger partial charge in [-0.05, 0) is 61.0 Å². The van der Waals surface area contributed by atoms with Gasteiger partial charge in [0.2, 0.25) is 0 Å². The largest absolute Gasteiger partial charge is 0.508 e. The third-order valence-corrected chi connectivity index (χ3v) is 3.16. The van der Waals surface area contributed by atoms with E-state index in [9.17, 15) is 14.7 Å². The smallest absolute Gasteiger partial charge is 0.329 e. The average molecular weight is 327 g/mol. The quantitative estimate of drug-likeness (QED) is 0.453. The van der Waals surface area contributed by atoms with Crippen molar-refractivity contribution in [3.05, 3.63) is 54.1 Å². The maximum Gasteiger partial charge on any atom is 0.329 e. The van der Waals surface area contributed by atoms with Crippen molar-refractivity contribution < 1.29 is 19.4 Å². The molecule has 7 heteroatoms. The van der Waals surface area contributed by atoms with Gasteiger partial charge in [-0.25, -0.2) is 5.43 Å². The second-order valence-corrected chi connectivity index (χ2v) is 4.87. The van der Waals surface area contributed by atoms with Gasteiger partial charge in [0.05, 0.1) is 12.8 Å². The number of amides is 2. The molecule has 3 N–H and O–H groups in total. The Morgan fingerprint density at radius 2 is 1.62 bits per heavy atom. The van der Waals surface area contributed by atoms with E-state index in [1.807, 2.05) is 0 Å². The molecule has 24 heavy (non-hydrogen) atoms. The predicted octanol–water partition coefficient (Wildman–Crippen LogP) is 1.88. The van der Waals surface area contributed by atoms with Crippen LogP contribution in [-0.2, 0) is 9.59 Å². The summed E-state index contributed by atoms with van der Waals surface area (Å²) in [5.41, 5.74) is 3.87. The second-order valence-electron chi connectivity index (χ2n) is 4.87. The molecule has 2 rings (SSSR count). The Morgan fingerprint density at radius 1 is 1.00 bits per heavy atom. The van der Waals surface area contributed by atoms with Gasteiger partial charge in [0.1, 0.15) is 11.5 Å². The van der Waals surface area contributed by atoms with Crippen LogP contribution in [0.3, 0.4) is 0 Å². The second kappa shape index (κ2) is 7.77. The van der Waals surface area contributed by atoms with Gasteiger partial charge in [-0.15, -0.1) is 0 Å². The summed E-state index contributed by atoms with van der Waals surface area (Å²) < 4.78 is 5.01. The molecule has 2 aromatic rings. The van der Waals surface area contributed by atoms with Crippen molar-refractivity contribution in [1.82, 2.24) is 5.43 Å². The van der Waals surface area contributed by atoms with Gasteiger partial charge in [-0.2, -0.15) is 5.10 Å². The van der Waals surface area contributed by atoms with E-state index in [1.165, 1.54) is 19.2 Å². The Morgan fingerprint density at radius 3 is 2.21 bits per heavy atom. The fourth-order valence-corrected chi connectivity index (χ4v) is 1.81. The van der Waals surface area contributed by atoms with Gasteiger partial charge in [0, 0.05) is 5.69 Å². The van der Waals surface area contributed by atoms with Crippen LogP contribution in [0.15, 0.2) is 53.6 Å². The molecule has 0 atom stereocenters. The number of phenolic OH excluding ortho intramolecular Hbond substituents is 1. The molecule has 0 aliphatic carbocycles. The molecule has 2 aromatic carbocycles. The van der Waals surface area contributed by atoms with Crippen LogP contribution in [-0.4, -0.2) is 29.7 Å².